The van der Waals surface area contributed by atoms with Crippen LogP contribution in [0, 0.1) is 16.7 Å². The summed E-state index contributed by atoms with van der Waals surface area (Å²) >= 11 is 1.61. The topological polar surface area (TPSA) is 102 Å². The molecule has 0 unspecified atom stereocenters. The number of ketones is 1. The summed E-state index contributed by atoms with van der Waals surface area (Å²) in [6, 6.07) is 8.56. The molecule has 3 heterocycles. The number of rotatable bonds is 7. The molecule has 5 rings (SSSR count). The fourth-order valence-corrected chi connectivity index (χ4v) is 4.68. The van der Waals surface area contributed by atoms with E-state index in [9.17, 15) is 4.79 Å². The van der Waals surface area contributed by atoms with Gasteiger partial charge in [0.05, 0.1) is 47.8 Å². The van der Waals surface area contributed by atoms with E-state index in [4.69, 9.17) is 14.4 Å². The fourth-order valence-electron chi connectivity index (χ4n) is 3.69. The number of benzene rings is 1. The molecule has 1 aliphatic heterocycles. The number of carbonyl (C=O) groups is 1. The highest BCUT2D eigenvalue weighted by Gasteiger charge is 2.44. The van der Waals surface area contributed by atoms with Crippen molar-refractivity contribution in [3.63, 3.8) is 0 Å². The maximum atomic E-state index is 12.2. The van der Waals surface area contributed by atoms with Crippen molar-refractivity contribution in [2.45, 2.75) is 38.5 Å². The van der Waals surface area contributed by atoms with Gasteiger partial charge in [0, 0.05) is 6.42 Å². The first-order valence-corrected chi connectivity index (χ1v) is 10.8. The molecule has 2 aliphatic rings. The van der Waals surface area contributed by atoms with Gasteiger partial charge in [-0.15, -0.1) is 21.5 Å². The highest BCUT2D eigenvalue weighted by Crippen LogP contribution is 2.48. The second-order valence-corrected chi connectivity index (χ2v) is 9.01. The van der Waals surface area contributed by atoms with Crippen LogP contribution in [0.4, 0.5) is 0 Å². The number of aromatic nitrogens is 3. The van der Waals surface area contributed by atoms with E-state index in [1.54, 1.807) is 11.3 Å². The SMILES string of the molecule is N#CC1(CC(=O)Cc2nnc(Cc3nc4ccc(C5=CCOCC5)cc4s3)o2)CC1. The Morgan fingerprint density at radius 2 is 2.13 bits per heavy atom. The zero-order chi connectivity index (χ0) is 20.6. The van der Waals surface area contributed by atoms with Gasteiger partial charge in [-0.1, -0.05) is 12.1 Å². The van der Waals surface area contributed by atoms with E-state index in [0.29, 0.717) is 24.8 Å². The summed E-state index contributed by atoms with van der Waals surface area (Å²) in [6.07, 6.45) is 5.45. The molecule has 2 aromatic heterocycles. The number of nitrogens with zero attached hydrogens (tertiary/aromatic N) is 4. The van der Waals surface area contributed by atoms with Crippen LogP contribution in [0.15, 0.2) is 28.7 Å². The first-order valence-electron chi connectivity index (χ1n) is 10.0. The van der Waals surface area contributed by atoms with Crippen LogP contribution < -0.4 is 0 Å². The average molecular weight is 420 g/mol. The van der Waals surface area contributed by atoms with Gasteiger partial charge in [0.2, 0.25) is 11.8 Å². The minimum Gasteiger partial charge on any atom is -0.424 e. The van der Waals surface area contributed by atoms with Crippen LogP contribution in [0.1, 0.15) is 48.0 Å². The van der Waals surface area contributed by atoms with Gasteiger partial charge in [0.15, 0.2) is 0 Å². The molecule has 7 nitrogen and oxygen atoms in total. The third kappa shape index (κ3) is 4.04. The number of ether oxygens (including phenoxy) is 1. The zero-order valence-electron chi connectivity index (χ0n) is 16.4. The van der Waals surface area contributed by atoms with Crippen LogP contribution in [0.2, 0.25) is 0 Å². The third-order valence-electron chi connectivity index (χ3n) is 5.55. The average Bonchev–Trinajstić information content (AvgIpc) is 3.20. The van der Waals surface area contributed by atoms with Crippen LogP contribution in [-0.2, 0) is 22.4 Å². The van der Waals surface area contributed by atoms with Gasteiger partial charge >= 0.3 is 0 Å². The summed E-state index contributed by atoms with van der Waals surface area (Å²) in [5.74, 6) is 0.725. The first kappa shape index (κ1) is 19.1. The van der Waals surface area contributed by atoms with Crippen molar-refractivity contribution in [2.24, 2.45) is 5.41 Å². The molecule has 30 heavy (non-hydrogen) atoms. The Kier molecular flexibility index (Phi) is 4.93. The number of Topliss-reactive ketones (excluding diaryl/α,β-unsaturated/α-hetero) is 1. The maximum Gasteiger partial charge on any atom is 0.223 e. The Morgan fingerprint density at radius 3 is 2.90 bits per heavy atom. The molecule has 0 bridgehead atoms. The monoisotopic (exact) mass is 420 g/mol. The van der Waals surface area contributed by atoms with E-state index in [1.165, 1.54) is 11.1 Å². The molecule has 152 valence electrons. The second kappa shape index (κ2) is 7.74. The molecule has 1 aromatic carbocycles. The summed E-state index contributed by atoms with van der Waals surface area (Å²) < 4.78 is 12.2. The predicted molar refractivity (Wildman–Crippen MR) is 111 cm³/mol. The van der Waals surface area contributed by atoms with Crippen LogP contribution >= 0.6 is 11.3 Å². The minimum absolute atomic E-state index is 0.0285. The molecular formula is C22H20N4O3S. The molecule has 0 saturated heterocycles. The van der Waals surface area contributed by atoms with Gasteiger partial charge in [-0.05, 0) is 42.5 Å². The van der Waals surface area contributed by atoms with Crippen molar-refractivity contribution in [1.82, 2.24) is 15.2 Å². The number of nitriles is 1. The van der Waals surface area contributed by atoms with Crippen LogP contribution in [0.5, 0.6) is 0 Å². The normalized spacial score (nSPS) is 17.5. The Bertz CT molecular complexity index is 1180. The Morgan fingerprint density at radius 1 is 1.27 bits per heavy atom. The summed E-state index contributed by atoms with van der Waals surface area (Å²) in [6.45, 7) is 1.43. The molecule has 0 amide bonds. The summed E-state index contributed by atoms with van der Waals surface area (Å²) in [4.78, 5) is 16.8. The van der Waals surface area contributed by atoms with E-state index in [2.05, 4.69) is 39.5 Å². The van der Waals surface area contributed by atoms with Gasteiger partial charge in [-0.25, -0.2) is 4.98 Å². The zero-order valence-corrected chi connectivity index (χ0v) is 17.2. The number of carbonyl (C=O) groups excluding carboxylic acids is 1. The molecular weight excluding hydrogens is 400 g/mol. The number of hydrogen-bond acceptors (Lipinski definition) is 8. The molecule has 0 radical (unpaired) electrons. The summed E-state index contributed by atoms with van der Waals surface area (Å²) in [7, 11) is 0. The lowest BCUT2D eigenvalue weighted by Gasteiger charge is -2.13. The van der Waals surface area contributed by atoms with E-state index in [0.717, 1.165) is 41.1 Å². The van der Waals surface area contributed by atoms with Crippen molar-refractivity contribution in [3.8, 4) is 6.07 Å². The fraction of sp³-hybridized carbons (Fsp3) is 0.409. The third-order valence-corrected chi connectivity index (χ3v) is 6.57. The van der Waals surface area contributed by atoms with Crippen LogP contribution in [0.3, 0.4) is 0 Å². The Balaban J connectivity index is 1.26. The van der Waals surface area contributed by atoms with Gasteiger partial charge in [-0.3, -0.25) is 4.79 Å². The number of thiazole rings is 1. The standard InChI is InChI=1S/C22H20N4O3S/c23-13-22(5-6-22)12-16(27)10-19-25-26-20(29-19)11-21-24-17-2-1-15(9-18(17)30-21)14-3-7-28-8-4-14/h1-3,9H,4-8,10-12H2. The van der Waals surface area contributed by atoms with Crippen molar-refractivity contribution in [2.75, 3.05) is 13.2 Å². The quantitative estimate of drug-likeness (QED) is 0.571. The summed E-state index contributed by atoms with van der Waals surface area (Å²) in [5, 5.41) is 18.1. The van der Waals surface area contributed by atoms with E-state index in [1.807, 2.05) is 6.07 Å². The lowest BCUT2D eigenvalue weighted by molar-refractivity contribution is -0.119. The molecule has 8 heteroatoms. The molecule has 0 atom stereocenters. The van der Waals surface area contributed by atoms with Gasteiger partial charge in [-0.2, -0.15) is 5.26 Å². The molecule has 0 spiro atoms. The first-order chi connectivity index (χ1) is 14.6. The van der Waals surface area contributed by atoms with Crippen LogP contribution in [0.25, 0.3) is 15.8 Å². The number of fused-ring (bicyclic) bond motifs is 1. The highest BCUT2D eigenvalue weighted by molar-refractivity contribution is 7.18. The van der Waals surface area contributed by atoms with Crippen LogP contribution in [-0.4, -0.2) is 34.2 Å². The van der Waals surface area contributed by atoms with E-state index < -0.39 is 5.41 Å². The van der Waals surface area contributed by atoms with Crippen molar-refractivity contribution >= 4 is 32.9 Å². The highest BCUT2D eigenvalue weighted by atomic mass is 32.1. The van der Waals surface area contributed by atoms with E-state index >= 15 is 0 Å². The smallest absolute Gasteiger partial charge is 0.223 e. The lowest BCUT2D eigenvalue weighted by Crippen LogP contribution is -2.10. The molecule has 0 N–H and O–H groups in total. The van der Waals surface area contributed by atoms with Gasteiger partial charge in [0.1, 0.15) is 10.8 Å². The minimum atomic E-state index is -0.444. The second-order valence-electron chi connectivity index (χ2n) is 7.90. The van der Waals surface area contributed by atoms with Crippen molar-refractivity contribution in [3.05, 3.63) is 46.6 Å². The maximum absolute atomic E-state index is 12.2. The van der Waals surface area contributed by atoms with E-state index in [-0.39, 0.29) is 18.6 Å². The van der Waals surface area contributed by atoms with Gasteiger partial charge in [0.25, 0.3) is 0 Å². The molecule has 1 aliphatic carbocycles. The lowest BCUT2D eigenvalue weighted by atomic mass is 10.00. The molecule has 3 aromatic rings. The molecule has 1 fully saturated rings. The number of hydrogen-bond donors (Lipinski definition) is 0. The van der Waals surface area contributed by atoms with Crippen molar-refractivity contribution < 1.29 is 13.9 Å². The van der Waals surface area contributed by atoms with Gasteiger partial charge < -0.3 is 9.15 Å². The summed E-state index contributed by atoms with van der Waals surface area (Å²) in [5.41, 5.74) is 3.03. The molecule has 1 saturated carbocycles. The Labute approximate surface area is 177 Å². The predicted octanol–water partition coefficient (Wildman–Crippen LogP) is 3.88. The van der Waals surface area contributed by atoms with Crippen molar-refractivity contribution in [1.29, 1.82) is 5.26 Å². The Hall–Kier alpha value is -2.89. The largest absolute Gasteiger partial charge is 0.424 e.